The second-order valence-corrected chi connectivity index (χ2v) is 13.0. The predicted molar refractivity (Wildman–Crippen MR) is 120 cm³/mol. The minimum atomic E-state index is -0.442. The summed E-state index contributed by atoms with van der Waals surface area (Å²) in [5.74, 6) is 0.598. The lowest BCUT2D eigenvalue weighted by molar-refractivity contribution is -0.133. The molecular weight excluding hydrogens is 348 g/mol. The molecule has 28 heavy (non-hydrogen) atoms. The lowest BCUT2D eigenvalue weighted by Gasteiger charge is -2.40. The molecule has 0 spiro atoms. The number of hydrogen-bond acceptors (Lipinski definition) is 2. The summed E-state index contributed by atoms with van der Waals surface area (Å²) >= 11 is 0. The number of nitrogens with one attached hydrogen (secondary N) is 2. The number of rotatable bonds is 9. The molecule has 0 fully saturated rings. The van der Waals surface area contributed by atoms with Crippen LogP contribution >= 0.6 is 0 Å². The first-order chi connectivity index (χ1) is 12.1. The van der Waals surface area contributed by atoms with Crippen LogP contribution in [0.5, 0.6) is 0 Å². The maximum absolute atomic E-state index is 12.9. The number of carbonyl (C=O) groups is 2. The molecule has 0 aromatic heterocycles. The van der Waals surface area contributed by atoms with Crippen LogP contribution in [0.15, 0.2) is 0 Å². The third kappa shape index (κ3) is 9.93. The number of carbonyl (C=O) groups excluding carboxylic acids is 2. The smallest absolute Gasteiger partial charge is 0.226 e. The average molecular weight is 397 g/mol. The highest BCUT2D eigenvalue weighted by Crippen LogP contribution is 2.34. The molecular formula is C24H48N2O2. The van der Waals surface area contributed by atoms with Gasteiger partial charge in [0.05, 0.1) is 0 Å². The van der Waals surface area contributed by atoms with Crippen LogP contribution in [0.1, 0.15) is 109 Å². The largest absolute Gasteiger partial charge is 0.351 e. The van der Waals surface area contributed by atoms with E-state index in [2.05, 4.69) is 45.3 Å². The highest BCUT2D eigenvalue weighted by molar-refractivity contribution is 5.83. The first kappa shape index (κ1) is 26.9. The summed E-state index contributed by atoms with van der Waals surface area (Å²) in [6, 6.07) is 0. The normalized spacial score (nSPS) is 14.2. The zero-order valence-electron chi connectivity index (χ0n) is 21.0. The van der Waals surface area contributed by atoms with Crippen LogP contribution < -0.4 is 10.6 Å². The van der Waals surface area contributed by atoms with E-state index < -0.39 is 21.9 Å². The zero-order chi connectivity index (χ0) is 22.8. The van der Waals surface area contributed by atoms with E-state index in [1.54, 1.807) is 0 Å². The van der Waals surface area contributed by atoms with Crippen molar-refractivity contribution in [1.82, 2.24) is 10.6 Å². The quantitative estimate of drug-likeness (QED) is 0.525. The second kappa shape index (κ2) is 8.75. The molecule has 0 aliphatic heterocycles. The van der Waals surface area contributed by atoms with Crippen molar-refractivity contribution in [3.8, 4) is 0 Å². The van der Waals surface area contributed by atoms with Crippen molar-refractivity contribution in [3.05, 3.63) is 0 Å². The van der Waals surface area contributed by atoms with Gasteiger partial charge in [0, 0.05) is 21.9 Å². The van der Waals surface area contributed by atoms with E-state index in [4.69, 9.17) is 0 Å². The fourth-order valence-corrected chi connectivity index (χ4v) is 4.67. The Morgan fingerprint density at radius 2 is 1.00 bits per heavy atom. The molecule has 0 aromatic rings. The predicted octanol–water partition coefficient (Wildman–Crippen LogP) is 5.70. The summed E-state index contributed by atoms with van der Waals surface area (Å²) in [5, 5.41) is 6.45. The standard InChI is InChI=1S/C24H48N2O2/c1-17(2)14-21(6,7)18(27)25-23(10,11)16-24(12,13)26-19(28)22(8,9)15-20(3,4)5/h17H,14-16H2,1-13H3,(H,25,27)(H,26,28). The van der Waals surface area contributed by atoms with Crippen LogP contribution in [0.4, 0.5) is 0 Å². The van der Waals surface area contributed by atoms with Crippen molar-refractivity contribution in [2.45, 2.75) is 120 Å². The Hall–Kier alpha value is -1.06. The molecule has 0 saturated heterocycles. The Morgan fingerprint density at radius 3 is 1.32 bits per heavy atom. The van der Waals surface area contributed by atoms with Gasteiger partial charge in [-0.2, -0.15) is 0 Å². The average Bonchev–Trinajstić information content (AvgIpc) is 2.30. The molecule has 0 aromatic carbocycles. The van der Waals surface area contributed by atoms with E-state index in [0.29, 0.717) is 12.3 Å². The number of amides is 2. The van der Waals surface area contributed by atoms with Crippen molar-refractivity contribution >= 4 is 11.8 Å². The highest BCUT2D eigenvalue weighted by Gasteiger charge is 2.39. The maximum atomic E-state index is 12.9. The monoisotopic (exact) mass is 396 g/mol. The summed E-state index contributed by atoms with van der Waals surface area (Å²) in [6.45, 7) is 26.9. The third-order valence-corrected chi connectivity index (χ3v) is 4.91. The molecule has 0 radical (unpaired) electrons. The second-order valence-electron chi connectivity index (χ2n) is 13.0. The van der Waals surface area contributed by atoms with E-state index in [9.17, 15) is 9.59 Å². The minimum absolute atomic E-state index is 0.0645. The third-order valence-electron chi connectivity index (χ3n) is 4.91. The molecule has 4 nitrogen and oxygen atoms in total. The van der Waals surface area contributed by atoms with E-state index in [-0.39, 0.29) is 17.2 Å². The molecule has 2 amide bonds. The molecule has 0 unspecified atom stereocenters. The van der Waals surface area contributed by atoms with E-state index in [1.165, 1.54) is 0 Å². The van der Waals surface area contributed by atoms with E-state index in [0.717, 1.165) is 12.8 Å². The van der Waals surface area contributed by atoms with Gasteiger partial charge in [0.2, 0.25) is 11.8 Å². The van der Waals surface area contributed by atoms with E-state index in [1.807, 2.05) is 55.4 Å². The molecule has 0 atom stereocenters. The first-order valence-electron chi connectivity index (χ1n) is 10.7. The Kier molecular flexibility index (Phi) is 8.42. The maximum Gasteiger partial charge on any atom is 0.226 e. The van der Waals surface area contributed by atoms with Gasteiger partial charge >= 0.3 is 0 Å². The van der Waals surface area contributed by atoms with Gasteiger partial charge < -0.3 is 10.6 Å². The van der Waals surface area contributed by atoms with Crippen molar-refractivity contribution in [3.63, 3.8) is 0 Å². The zero-order valence-corrected chi connectivity index (χ0v) is 21.0. The molecule has 0 rings (SSSR count). The lowest BCUT2D eigenvalue weighted by Crippen LogP contribution is -2.57. The molecule has 2 N–H and O–H groups in total. The molecule has 0 aliphatic rings. The fraction of sp³-hybridized carbons (Fsp3) is 0.917. The molecule has 0 heterocycles. The van der Waals surface area contributed by atoms with Gasteiger partial charge in [-0.15, -0.1) is 0 Å². The molecule has 4 heteroatoms. The van der Waals surface area contributed by atoms with Crippen LogP contribution in [-0.2, 0) is 9.59 Å². The van der Waals surface area contributed by atoms with E-state index >= 15 is 0 Å². The summed E-state index contributed by atoms with van der Waals surface area (Å²) in [5.41, 5.74) is -1.61. The number of hydrogen-bond donors (Lipinski definition) is 2. The van der Waals surface area contributed by atoms with Crippen molar-refractivity contribution in [2.75, 3.05) is 0 Å². The van der Waals surface area contributed by atoms with Crippen LogP contribution in [0, 0.1) is 22.2 Å². The molecule has 166 valence electrons. The SMILES string of the molecule is CC(C)CC(C)(C)C(=O)NC(C)(C)CC(C)(C)NC(=O)C(C)(C)CC(C)(C)C. The fourth-order valence-electron chi connectivity index (χ4n) is 4.67. The van der Waals surface area contributed by atoms with Crippen LogP contribution in [0.25, 0.3) is 0 Å². The Balaban J connectivity index is 5.11. The van der Waals surface area contributed by atoms with Crippen LogP contribution in [0.3, 0.4) is 0 Å². The summed E-state index contributed by atoms with van der Waals surface area (Å²) < 4.78 is 0. The minimum Gasteiger partial charge on any atom is -0.351 e. The summed E-state index contributed by atoms with van der Waals surface area (Å²) in [6.07, 6.45) is 2.31. The van der Waals surface area contributed by atoms with Crippen molar-refractivity contribution < 1.29 is 9.59 Å². The topological polar surface area (TPSA) is 58.2 Å². The van der Waals surface area contributed by atoms with Gasteiger partial charge in [0.25, 0.3) is 0 Å². The molecule has 0 aliphatic carbocycles. The Morgan fingerprint density at radius 1 is 0.643 bits per heavy atom. The highest BCUT2D eigenvalue weighted by atomic mass is 16.2. The van der Waals surface area contributed by atoms with Crippen LogP contribution in [0.2, 0.25) is 0 Å². The van der Waals surface area contributed by atoms with Gasteiger partial charge in [-0.05, 0) is 58.3 Å². The van der Waals surface area contributed by atoms with Gasteiger partial charge in [-0.25, -0.2) is 0 Å². The lowest BCUT2D eigenvalue weighted by atomic mass is 9.75. The van der Waals surface area contributed by atoms with Gasteiger partial charge in [0.1, 0.15) is 0 Å². The Labute approximate surface area is 175 Å². The molecule has 0 bridgehead atoms. The van der Waals surface area contributed by atoms with Gasteiger partial charge in [0.15, 0.2) is 0 Å². The summed E-state index contributed by atoms with van der Waals surface area (Å²) in [7, 11) is 0. The van der Waals surface area contributed by atoms with Gasteiger partial charge in [-0.1, -0.05) is 62.3 Å². The van der Waals surface area contributed by atoms with Crippen molar-refractivity contribution in [1.29, 1.82) is 0 Å². The van der Waals surface area contributed by atoms with Gasteiger partial charge in [-0.3, -0.25) is 9.59 Å². The molecule has 0 saturated carbocycles. The Bertz CT molecular complexity index is 549. The van der Waals surface area contributed by atoms with Crippen molar-refractivity contribution in [2.24, 2.45) is 22.2 Å². The first-order valence-corrected chi connectivity index (χ1v) is 10.7. The van der Waals surface area contributed by atoms with Crippen LogP contribution in [-0.4, -0.2) is 22.9 Å². The summed E-state index contributed by atoms with van der Waals surface area (Å²) in [4.78, 5) is 25.8.